The van der Waals surface area contributed by atoms with E-state index in [0.717, 1.165) is 19.3 Å². The van der Waals surface area contributed by atoms with Gasteiger partial charge in [0.15, 0.2) is 0 Å². The van der Waals surface area contributed by atoms with Gasteiger partial charge >= 0.3 is 0 Å². The molecule has 0 atom stereocenters. The van der Waals surface area contributed by atoms with Gasteiger partial charge in [-0.2, -0.15) is 9.98 Å². The van der Waals surface area contributed by atoms with Crippen molar-refractivity contribution in [1.82, 2.24) is 4.72 Å². The predicted octanol–water partition coefficient (Wildman–Crippen LogP) is 2.20. The van der Waals surface area contributed by atoms with E-state index in [-0.39, 0.29) is 4.90 Å². The molecule has 5 nitrogen and oxygen atoms in total. The molecule has 1 aliphatic rings. The summed E-state index contributed by atoms with van der Waals surface area (Å²) in [6, 6.07) is 8.30. The van der Waals surface area contributed by atoms with Crippen LogP contribution >= 0.6 is 0 Å². The fourth-order valence-corrected chi connectivity index (χ4v) is 3.84. The average Bonchev–Trinajstić information content (AvgIpc) is 2.48. The highest BCUT2D eigenvalue weighted by atomic mass is 32.2. The molecule has 0 radical (unpaired) electrons. The van der Waals surface area contributed by atoms with Crippen LogP contribution in [-0.2, 0) is 10.0 Å². The Bertz CT molecular complexity index is 596. The Hall–Kier alpha value is -1.58. The van der Waals surface area contributed by atoms with Crippen molar-refractivity contribution >= 4 is 10.0 Å². The summed E-state index contributed by atoms with van der Waals surface area (Å²) in [6.07, 6.45) is 3.93. The van der Waals surface area contributed by atoms with Gasteiger partial charge in [0.05, 0.1) is 18.1 Å². The molecule has 0 bridgehead atoms. The summed E-state index contributed by atoms with van der Waals surface area (Å²) in [5, 5.41) is 9.34. The summed E-state index contributed by atoms with van der Waals surface area (Å²) in [6.45, 7) is 0. The Morgan fingerprint density at radius 1 is 1.20 bits per heavy atom. The summed E-state index contributed by atoms with van der Waals surface area (Å²) < 4.78 is 32.3. The standard InChI is InChI=1S/C14H18N2O3S/c1-19-12-5-7-13(8-6-12)20(17,18)16-14(11-15)9-3-2-4-10-14/h5-8,16H,2-4,9-10H2,1H3. The Balaban J connectivity index is 2.23. The average molecular weight is 294 g/mol. The maximum absolute atomic E-state index is 12.4. The van der Waals surface area contributed by atoms with E-state index in [1.807, 2.05) is 0 Å². The monoisotopic (exact) mass is 294 g/mol. The van der Waals surface area contributed by atoms with Gasteiger partial charge in [0, 0.05) is 0 Å². The summed E-state index contributed by atoms with van der Waals surface area (Å²) in [5.74, 6) is 0.594. The fraction of sp³-hybridized carbons (Fsp3) is 0.500. The van der Waals surface area contributed by atoms with Crippen LogP contribution < -0.4 is 9.46 Å². The van der Waals surface area contributed by atoms with E-state index in [4.69, 9.17) is 4.74 Å². The summed E-state index contributed by atoms with van der Waals surface area (Å²) >= 11 is 0. The molecule has 0 spiro atoms. The minimum atomic E-state index is -3.68. The lowest BCUT2D eigenvalue weighted by molar-refractivity contribution is 0.338. The van der Waals surface area contributed by atoms with Crippen molar-refractivity contribution in [2.24, 2.45) is 0 Å². The summed E-state index contributed by atoms with van der Waals surface area (Å²) in [7, 11) is -2.16. The smallest absolute Gasteiger partial charge is 0.241 e. The van der Waals surface area contributed by atoms with Crippen LogP contribution in [0.15, 0.2) is 29.2 Å². The number of nitrogens with one attached hydrogen (secondary N) is 1. The van der Waals surface area contributed by atoms with Crippen molar-refractivity contribution < 1.29 is 13.2 Å². The molecule has 0 aliphatic heterocycles. The van der Waals surface area contributed by atoms with Gasteiger partial charge in [-0.05, 0) is 37.1 Å². The first-order valence-corrected chi connectivity index (χ1v) is 8.09. The van der Waals surface area contributed by atoms with Gasteiger partial charge in [0.25, 0.3) is 0 Å². The maximum Gasteiger partial charge on any atom is 0.241 e. The quantitative estimate of drug-likeness (QED) is 0.923. The zero-order valence-electron chi connectivity index (χ0n) is 11.4. The van der Waals surface area contributed by atoms with Crippen LogP contribution in [-0.4, -0.2) is 21.1 Å². The third-order valence-electron chi connectivity index (χ3n) is 3.62. The highest BCUT2D eigenvalue weighted by molar-refractivity contribution is 7.89. The van der Waals surface area contributed by atoms with Gasteiger partial charge in [-0.3, -0.25) is 0 Å². The number of benzene rings is 1. The van der Waals surface area contributed by atoms with Crippen LogP contribution in [0.4, 0.5) is 0 Å². The van der Waals surface area contributed by atoms with Crippen molar-refractivity contribution in [2.75, 3.05) is 7.11 Å². The summed E-state index contributed by atoms with van der Waals surface area (Å²) in [4.78, 5) is 0.151. The molecule has 0 aromatic heterocycles. The molecule has 0 saturated heterocycles. The molecule has 1 N–H and O–H groups in total. The van der Waals surface area contributed by atoms with Crippen LogP contribution in [0.3, 0.4) is 0 Å². The fourth-order valence-electron chi connectivity index (χ4n) is 2.46. The Kier molecular flexibility index (Phi) is 4.31. The second kappa shape index (κ2) is 5.81. The molecular weight excluding hydrogens is 276 g/mol. The van der Waals surface area contributed by atoms with Crippen LogP contribution in [0.1, 0.15) is 32.1 Å². The molecule has 6 heteroatoms. The zero-order chi connectivity index (χ0) is 14.6. The number of hydrogen-bond acceptors (Lipinski definition) is 4. The van der Waals surface area contributed by atoms with Gasteiger partial charge in [0.2, 0.25) is 10.0 Å². The number of ether oxygens (including phenoxy) is 1. The first-order chi connectivity index (χ1) is 9.51. The predicted molar refractivity (Wildman–Crippen MR) is 74.7 cm³/mol. The van der Waals surface area contributed by atoms with Gasteiger partial charge < -0.3 is 4.74 Å². The lowest BCUT2D eigenvalue weighted by Crippen LogP contribution is -2.48. The molecule has 1 aromatic rings. The maximum atomic E-state index is 12.4. The number of sulfonamides is 1. The topological polar surface area (TPSA) is 79.2 Å². The van der Waals surface area contributed by atoms with E-state index in [0.29, 0.717) is 18.6 Å². The Morgan fingerprint density at radius 2 is 1.80 bits per heavy atom. The van der Waals surface area contributed by atoms with E-state index in [1.54, 1.807) is 12.1 Å². The van der Waals surface area contributed by atoms with E-state index in [9.17, 15) is 13.7 Å². The molecule has 1 fully saturated rings. The molecule has 108 valence electrons. The first-order valence-electron chi connectivity index (χ1n) is 6.61. The number of nitrogens with zero attached hydrogens (tertiary/aromatic N) is 1. The number of hydrogen-bond donors (Lipinski definition) is 1. The van der Waals surface area contributed by atoms with Crippen molar-refractivity contribution in [2.45, 2.75) is 42.5 Å². The van der Waals surface area contributed by atoms with E-state index in [2.05, 4.69) is 10.8 Å². The third kappa shape index (κ3) is 3.11. The molecule has 0 amide bonds. The highest BCUT2D eigenvalue weighted by Crippen LogP contribution is 2.29. The first kappa shape index (κ1) is 14.8. The van der Waals surface area contributed by atoms with E-state index in [1.165, 1.54) is 19.2 Å². The molecule has 2 rings (SSSR count). The molecule has 0 unspecified atom stereocenters. The zero-order valence-corrected chi connectivity index (χ0v) is 12.2. The van der Waals surface area contributed by atoms with E-state index >= 15 is 0 Å². The molecule has 0 heterocycles. The SMILES string of the molecule is COc1ccc(S(=O)(=O)NC2(C#N)CCCCC2)cc1. The van der Waals surface area contributed by atoms with Gasteiger partial charge in [0.1, 0.15) is 11.3 Å². The normalized spacial score (nSPS) is 18.2. The van der Waals surface area contributed by atoms with Crippen LogP contribution in [0.25, 0.3) is 0 Å². The van der Waals surface area contributed by atoms with Crippen molar-refractivity contribution in [3.8, 4) is 11.8 Å². The van der Waals surface area contributed by atoms with Gasteiger partial charge in [-0.1, -0.05) is 19.3 Å². The number of nitriles is 1. The van der Waals surface area contributed by atoms with Gasteiger partial charge in [-0.25, -0.2) is 8.42 Å². The largest absolute Gasteiger partial charge is 0.497 e. The highest BCUT2D eigenvalue weighted by Gasteiger charge is 2.36. The molecule has 1 saturated carbocycles. The van der Waals surface area contributed by atoms with Crippen LogP contribution in [0, 0.1) is 11.3 Å². The summed E-state index contributed by atoms with van der Waals surface area (Å²) in [5.41, 5.74) is -0.961. The van der Waals surface area contributed by atoms with Crippen molar-refractivity contribution in [3.63, 3.8) is 0 Å². The lowest BCUT2D eigenvalue weighted by atomic mass is 9.84. The Morgan fingerprint density at radius 3 is 2.30 bits per heavy atom. The molecule has 1 aliphatic carbocycles. The van der Waals surface area contributed by atoms with Crippen molar-refractivity contribution in [3.05, 3.63) is 24.3 Å². The van der Waals surface area contributed by atoms with Crippen LogP contribution in [0.5, 0.6) is 5.75 Å². The van der Waals surface area contributed by atoms with Gasteiger partial charge in [-0.15, -0.1) is 0 Å². The second-order valence-electron chi connectivity index (χ2n) is 5.04. The number of rotatable bonds is 4. The molecular formula is C14H18N2O3S. The Labute approximate surface area is 119 Å². The number of methoxy groups -OCH3 is 1. The van der Waals surface area contributed by atoms with E-state index < -0.39 is 15.6 Å². The third-order valence-corrected chi connectivity index (χ3v) is 5.17. The minimum absolute atomic E-state index is 0.151. The molecule has 1 aromatic carbocycles. The second-order valence-corrected chi connectivity index (χ2v) is 6.72. The van der Waals surface area contributed by atoms with Crippen molar-refractivity contribution in [1.29, 1.82) is 5.26 Å². The van der Waals surface area contributed by atoms with Crippen LogP contribution in [0.2, 0.25) is 0 Å². The lowest BCUT2D eigenvalue weighted by Gasteiger charge is -2.31. The molecule has 20 heavy (non-hydrogen) atoms. The minimum Gasteiger partial charge on any atom is -0.497 e.